The number of phenolic OH excluding ortho intramolecular Hbond substituents is 1. The first-order valence-electron chi connectivity index (χ1n) is 5.23. The largest absolute Gasteiger partial charge is 0.508 e. The lowest BCUT2D eigenvalue weighted by Gasteiger charge is -2.06. The van der Waals surface area contributed by atoms with Crippen LogP contribution in [0.4, 0.5) is 0 Å². The molecule has 0 saturated carbocycles. The van der Waals surface area contributed by atoms with Crippen molar-refractivity contribution in [2.45, 2.75) is 6.92 Å². The van der Waals surface area contributed by atoms with Gasteiger partial charge in [-0.2, -0.15) is 0 Å². The van der Waals surface area contributed by atoms with Gasteiger partial charge in [0.05, 0.1) is 5.57 Å². The van der Waals surface area contributed by atoms with E-state index in [0.717, 1.165) is 6.08 Å². The number of hydrogen-bond acceptors (Lipinski definition) is 3. The second-order valence-corrected chi connectivity index (χ2v) is 3.64. The third kappa shape index (κ3) is 3.01. The summed E-state index contributed by atoms with van der Waals surface area (Å²) in [7, 11) is 0. The van der Waals surface area contributed by atoms with Gasteiger partial charge in [0, 0.05) is 11.1 Å². The molecule has 0 spiro atoms. The minimum atomic E-state index is -1.17. The van der Waals surface area contributed by atoms with E-state index < -0.39 is 5.97 Å². The average Bonchev–Trinajstić information content (AvgIpc) is 2.31. The number of rotatable bonds is 4. The molecule has 0 aromatic heterocycles. The highest BCUT2D eigenvalue weighted by molar-refractivity contribution is 5.92. The van der Waals surface area contributed by atoms with Crippen LogP contribution in [0.3, 0.4) is 0 Å². The summed E-state index contributed by atoms with van der Waals surface area (Å²) in [6.45, 7) is 5.04. The number of carboxylic acid groups (broad SMARTS) is 1. The van der Waals surface area contributed by atoms with Crippen molar-refractivity contribution in [3.05, 3.63) is 59.7 Å². The molecule has 0 atom stereocenters. The van der Waals surface area contributed by atoms with Crippen molar-refractivity contribution in [3.63, 3.8) is 0 Å². The Balaban J connectivity index is 3.24. The van der Waals surface area contributed by atoms with E-state index in [1.165, 1.54) is 18.2 Å². The molecule has 0 aliphatic rings. The summed E-state index contributed by atoms with van der Waals surface area (Å²) in [5.41, 5.74) is 0.769. The summed E-state index contributed by atoms with van der Waals surface area (Å²) >= 11 is 0. The van der Waals surface area contributed by atoms with Crippen molar-refractivity contribution >= 4 is 11.7 Å². The quantitative estimate of drug-likeness (QED) is 0.433. The molecule has 3 N–H and O–H groups in total. The molecule has 1 aromatic carbocycles. The van der Waals surface area contributed by atoms with Gasteiger partial charge in [0.25, 0.3) is 0 Å². The lowest BCUT2D eigenvalue weighted by Crippen LogP contribution is -1.99. The normalized spacial score (nSPS) is 12.3. The highest BCUT2D eigenvalue weighted by atomic mass is 16.4. The molecule has 0 aliphatic heterocycles. The number of carbonyl (C=O) groups is 1. The van der Waals surface area contributed by atoms with Crippen LogP contribution in [-0.2, 0) is 4.79 Å². The Labute approximate surface area is 105 Å². The smallest absolute Gasteiger partial charge is 0.335 e. The molecule has 1 rings (SSSR count). The molecule has 4 nitrogen and oxygen atoms in total. The third-order valence-corrected chi connectivity index (χ3v) is 2.42. The van der Waals surface area contributed by atoms with Crippen molar-refractivity contribution < 1.29 is 20.1 Å². The fourth-order valence-corrected chi connectivity index (χ4v) is 1.43. The molecule has 0 bridgehead atoms. The molecular weight excluding hydrogens is 232 g/mol. The molecule has 0 radical (unpaired) electrons. The topological polar surface area (TPSA) is 77.8 Å². The van der Waals surface area contributed by atoms with Crippen LogP contribution in [0, 0.1) is 6.92 Å². The number of allylic oxidation sites excluding steroid dienone is 2. The van der Waals surface area contributed by atoms with Gasteiger partial charge in [-0.05, 0) is 25.1 Å². The van der Waals surface area contributed by atoms with Gasteiger partial charge in [-0.3, -0.25) is 0 Å². The van der Waals surface area contributed by atoms with E-state index in [4.69, 9.17) is 5.11 Å². The number of aliphatic carboxylic acids is 1. The zero-order valence-electron chi connectivity index (χ0n) is 9.92. The SMILES string of the molecule is C=C/C=C(/C=C(/O)c1cccc(O)c1C)C(=O)O. The van der Waals surface area contributed by atoms with Crippen LogP contribution in [-0.4, -0.2) is 21.3 Å². The second kappa shape index (κ2) is 5.72. The first kappa shape index (κ1) is 13.6. The summed E-state index contributed by atoms with van der Waals surface area (Å²) in [4.78, 5) is 10.9. The number of hydrogen-bond donors (Lipinski definition) is 3. The molecular formula is C14H14O4. The highest BCUT2D eigenvalue weighted by Gasteiger charge is 2.10. The van der Waals surface area contributed by atoms with Gasteiger partial charge in [0.2, 0.25) is 0 Å². The summed E-state index contributed by atoms with van der Waals surface area (Å²) in [5, 5.41) is 28.3. The van der Waals surface area contributed by atoms with E-state index in [2.05, 4.69) is 6.58 Å². The Hall–Kier alpha value is -2.49. The molecule has 0 fully saturated rings. The third-order valence-electron chi connectivity index (χ3n) is 2.42. The molecule has 4 heteroatoms. The van der Waals surface area contributed by atoms with Gasteiger partial charge >= 0.3 is 5.97 Å². The molecule has 18 heavy (non-hydrogen) atoms. The van der Waals surface area contributed by atoms with Crippen LogP contribution >= 0.6 is 0 Å². The molecule has 0 unspecified atom stereocenters. The van der Waals surface area contributed by atoms with E-state index in [-0.39, 0.29) is 17.1 Å². The Morgan fingerprint density at radius 1 is 1.33 bits per heavy atom. The lowest BCUT2D eigenvalue weighted by atomic mass is 10.0. The number of phenols is 1. The van der Waals surface area contributed by atoms with Crippen molar-refractivity contribution in [3.8, 4) is 5.75 Å². The Morgan fingerprint density at radius 3 is 2.56 bits per heavy atom. The van der Waals surface area contributed by atoms with E-state index >= 15 is 0 Å². The van der Waals surface area contributed by atoms with Crippen LogP contribution in [0.1, 0.15) is 11.1 Å². The van der Waals surface area contributed by atoms with Gasteiger partial charge in [-0.15, -0.1) is 0 Å². The summed E-state index contributed by atoms with van der Waals surface area (Å²) < 4.78 is 0. The average molecular weight is 246 g/mol. The molecule has 94 valence electrons. The van der Waals surface area contributed by atoms with Crippen LogP contribution in [0.25, 0.3) is 5.76 Å². The highest BCUT2D eigenvalue weighted by Crippen LogP contribution is 2.25. The van der Waals surface area contributed by atoms with E-state index in [9.17, 15) is 15.0 Å². The molecule has 1 aromatic rings. The van der Waals surface area contributed by atoms with Crippen LogP contribution in [0.5, 0.6) is 5.75 Å². The molecule has 0 aliphatic carbocycles. The van der Waals surface area contributed by atoms with Crippen LogP contribution in [0.2, 0.25) is 0 Å². The van der Waals surface area contributed by atoms with Gasteiger partial charge in [-0.1, -0.05) is 24.8 Å². The number of aliphatic hydroxyl groups is 1. The summed E-state index contributed by atoms with van der Waals surface area (Å²) in [6, 6.07) is 4.65. The maximum Gasteiger partial charge on any atom is 0.335 e. The van der Waals surface area contributed by atoms with Crippen LogP contribution in [0.15, 0.2) is 48.6 Å². The molecule has 0 heterocycles. The van der Waals surface area contributed by atoms with Crippen molar-refractivity contribution in [1.29, 1.82) is 0 Å². The fourth-order valence-electron chi connectivity index (χ4n) is 1.43. The van der Waals surface area contributed by atoms with Crippen molar-refractivity contribution in [2.24, 2.45) is 0 Å². The minimum Gasteiger partial charge on any atom is -0.508 e. The maximum absolute atomic E-state index is 10.9. The number of aromatic hydroxyl groups is 1. The van der Waals surface area contributed by atoms with Gasteiger partial charge in [0.1, 0.15) is 11.5 Å². The first-order valence-corrected chi connectivity index (χ1v) is 5.23. The van der Waals surface area contributed by atoms with Gasteiger partial charge in [-0.25, -0.2) is 4.79 Å². The first-order chi connectivity index (χ1) is 8.47. The van der Waals surface area contributed by atoms with E-state index in [1.54, 1.807) is 19.1 Å². The number of benzene rings is 1. The standard InChI is InChI=1S/C14H14O4/c1-3-5-10(14(17)18)8-13(16)11-6-4-7-12(15)9(11)2/h3-8,15-16H,1H2,2H3,(H,17,18)/b10-5-,13-8+. The fraction of sp³-hybridized carbons (Fsp3) is 0.0714. The van der Waals surface area contributed by atoms with Crippen molar-refractivity contribution in [2.75, 3.05) is 0 Å². The van der Waals surface area contributed by atoms with Gasteiger partial charge in [0.15, 0.2) is 0 Å². The number of aliphatic hydroxyl groups excluding tert-OH is 1. The predicted octanol–water partition coefficient (Wildman–Crippen LogP) is 2.80. The minimum absolute atomic E-state index is 0.0389. The second-order valence-electron chi connectivity index (χ2n) is 3.64. The zero-order chi connectivity index (χ0) is 13.7. The predicted molar refractivity (Wildman–Crippen MR) is 69.4 cm³/mol. The Kier molecular flexibility index (Phi) is 4.32. The van der Waals surface area contributed by atoms with Crippen LogP contribution < -0.4 is 0 Å². The zero-order valence-corrected chi connectivity index (χ0v) is 9.92. The lowest BCUT2D eigenvalue weighted by molar-refractivity contribution is -0.132. The van der Waals surface area contributed by atoms with E-state index in [0.29, 0.717) is 11.1 Å². The number of carboxylic acids is 1. The van der Waals surface area contributed by atoms with Crippen molar-refractivity contribution in [1.82, 2.24) is 0 Å². The van der Waals surface area contributed by atoms with E-state index in [1.807, 2.05) is 0 Å². The molecule has 0 amide bonds. The Morgan fingerprint density at radius 2 is 2.00 bits per heavy atom. The monoisotopic (exact) mass is 246 g/mol. The van der Waals surface area contributed by atoms with Gasteiger partial charge < -0.3 is 15.3 Å². The summed E-state index contributed by atoms with van der Waals surface area (Å²) in [6.07, 6.45) is 3.71. The Bertz CT molecular complexity index is 539. The maximum atomic E-state index is 10.9. The molecule has 0 saturated heterocycles. The summed E-state index contributed by atoms with van der Waals surface area (Å²) in [5.74, 6) is -1.35.